The molecule has 116 valence electrons. The zero-order chi connectivity index (χ0) is 16.6. The predicted octanol–water partition coefficient (Wildman–Crippen LogP) is 1.42. The number of aromatic nitrogens is 2. The van der Waals surface area contributed by atoms with Gasteiger partial charge in [0.1, 0.15) is 0 Å². The Kier molecular flexibility index (Phi) is 3.61. The molecule has 3 amide bonds. The molecule has 1 aliphatic heterocycles. The molecule has 0 radical (unpaired) electrons. The lowest BCUT2D eigenvalue weighted by Crippen LogP contribution is -2.31. The molecule has 1 aromatic heterocycles. The van der Waals surface area contributed by atoms with Crippen molar-refractivity contribution in [2.45, 2.75) is 19.9 Å². The van der Waals surface area contributed by atoms with E-state index in [1.165, 1.54) is 12.4 Å². The second kappa shape index (κ2) is 5.60. The Morgan fingerprint density at radius 3 is 2.00 bits per heavy atom. The van der Waals surface area contributed by atoms with Gasteiger partial charge in [0.15, 0.2) is 11.4 Å². The molecular formula is C16H14N4O3. The molecule has 7 heteroatoms. The van der Waals surface area contributed by atoms with Gasteiger partial charge in [0.05, 0.1) is 5.69 Å². The first kappa shape index (κ1) is 14.8. The maximum atomic E-state index is 12.3. The van der Waals surface area contributed by atoms with Crippen LogP contribution in [0.25, 0.3) is 0 Å². The van der Waals surface area contributed by atoms with Crippen molar-refractivity contribution in [2.24, 2.45) is 0 Å². The van der Waals surface area contributed by atoms with Gasteiger partial charge in [-0.1, -0.05) is 0 Å². The van der Waals surface area contributed by atoms with Crippen LogP contribution in [0, 0.1) is 0 Å². The lowest BCUT2D eigenvalue weighted by atomic mass is 10.1. The van der Waals surface area contributed by atoms with Crippen LogP contribution in [-0.2, 0) is 0 Å². The first-order valence-corrected chi connectivity index (χ1v) is 7.09. The molecule has 0 spiro atoms. The summed E-state index contributed by atoms with van der Waals surface area (Å²) in [5.74, 6) is -1.24. The number of rotatable bonds is 3. The fraction of sp³-hybridized carbons (Fsp3) is 0.188. The summed E-state index contributed by atoms with van der Waals surface area (Å²) in [7, 11) is 0. The number of carbonyl (C=O) groups is 3. The molecule has 2 heterocycles. The van der Waals surface area contributed by atoms with Gasteiger partial charge in [-0.3, -0.25) is 14.4 Å². The third-order valence-electron chi connectivity index (χ3n) is 3.32. The number of nitrogens with one attached hydrogen (secondary N) is 1. The van der Waals surface area contributed by atoms with Crippen LogP contribution in [0.5, 0.6) is 0 Å². The average molecular weight is 310 g/mol. The summed E-state index contributed by atoms with van der Waals surface area (Å²) in [6.45, 7) is 3.73. The van der Waals surface area contributed by atoms with Crippen LogP contribution in [0.1, 0.15) is 45.2 Å². The van der Waals surface area contributed by atoms with E-state index in [2.05, 4.69) is 15.3 Å². The highest BCUT2D eigenvalue weighted by molar-refractivity contribution is 6.33. The summed E-state index contributed by atoms with van der Waals surface area (Å²) in [5.41, 5.74) is 0.912. The summed E-state index contributed by atoms with van der Waals surface area (Å²) in [5, 5.41) is 2.77. The number of anilines is 1. The Morgan fingerprint density at radius 2 is 1.52 bits per heavy atom. The van der Waals surface area contributed by atoms with E-state index in [0.29, 0.717) is 11.3 Å². The minimum atomic E-state index is -0.516. The molecule has 7 nitrogen and oxygen atoms in total. The number of amides is 3. The van der Waals surface area contributed by atoms with Crippen molar-refractivity contribution in [1.29, 1.82) is 0 Å². The largest absolute Gasteiger partial charge is 0.350 e. The Balaban J connectivity index is 1.88. The van der Waals surface area contributed by atoms with Crippen LogP contribution in [0.15, 0.2) is 36.7 Å². The standard InChI is InChI=1S/C16H14N4O3/c1-9(2)19-14(21)10-3-5-11(6-4-10)20-15(22)12-13(16(20)23)18-8-7-17-12/h3-9H,1-2H3,(H,19,21). The van der Waals surface area contributed by atoms with Gasteiger partial charge >= 0.3 is 0 Å². The smallest absolute Gasteiger partial charge is 0.286 e. The minimum absolute atomic E-state index is 0.0237. The molecule has 1 aliphatic rings. The zero-order valence-corrected chi connectivity index (χ0v) is 12.6. The first-order chi connectivity index (χ1) is 11.0. The van der Waals surface area contributed by atoms with E-state index < -0.39 is 11.8 Å². The van der Waals surface area contributed by atoms with Crippen LogP contribution < -0.4 is 10.2 Å². The van der Waals surface area contributed by atoms with E-state index >= 15 is 0 Å². The predicted molar refractivity (Wildman–Crippen MR) is 82.2 cm³/mol. The number of hydrogen-bond acceptors (Lipinski definition) is 5. The van der Waals surface area contributed by atoms with Gasteiger partial charge < -0.3 is 5.32 Å². The third kappa shape index (κ3) is 2.57. The van der Waals surface area contributed by atoms with Crippen LogP contribution in [0.3, 0.4) is 0 Å². The summed E-state index contributed by atoms with van der Waals surface area (Å²) >= 11 is 0. The van der Waals surface area contributed by atoms with Gasteiger partial charge in [-0.2, -0.15) is 0 Å². The first-order valence-electron chi connectivity index (χ1n) is 7.09. The lowest BCUT2D eigenvalue weighted by Gasteiger charge is -2.14. The molecule has 0 saturated heterocycles. The molecule has 3 rings (SSSR count). The van der Waals surface area contributed by atoms with E-state index in [1.807, 2.05) is 13.8 Å². The Hall–Kier alpha value is -3.09. The Morgan fingerprint density at radius 1 is 1.00 bits per heavy atom. The van der Waals surface area contributed by atoms with Crippen molar-refractivity contribution >= 4 is 23.4 Å². The van der Waals surface area contributed by atoms with Crippen molar-refractivity contribution in [2.75, 3.05) is 4.90 Å². The van der Waals surface area contributed by atoms with Gasteiger partial charge in [0.2, 0.25) is 0 Å². The van der Waals surface area contributed by atoms with Gasteiger partial charge in [0, 0.05) is 24.0 Å². The van der Waals surface area contributed by atoms with Gasteiger partial charge in [-0.15, -0.1) is 0 Å². The second-order valence-corrected chi connectivity index (χ2v) is 5.37. The van der Waals surface area contributed by atoms with Gasteiger partial charge in [-0.05, 0) is 38.1 Å². The van der Waals surface area contributed by atoms with Gasteiger partial charge in [-0.25, -0.2) is 14.9 Å². The van der Waals surface area contributed by atoms with E-state index in [-0.39, 0.29) is 23.3 Å². The molecule has 0 saturated carbocycles. The number of carbonyl (C=O) groups excluding carboxylic acids is 3. The molecular weight excluding hydrogens is 296 g/mol. The normalized spacial score (nSPS) is 13.4. The van der Waals surface area contributed by atoms with E-state index in [1.54, 1.807) is 24.3 Å². The molecule has 23 heavy (non-hydrogen) atoms. The van der Waals surface area contributed by atoms with Crippen LogP contribution in [0.4, 0.5) is 5.69 Å². The van der Waals surface area contributed by atoms with Gasteiger partial charge in [0.25, 0.3) is 17.7 Å². The second-order valence-electron chi connectivity index (χ2n) is 5.37. The Bertz CT molecular complexity index is 764. The molecule has 0 atom stereocenters. The topological polar surface area (TPSA) is 92.3 Å². The Labute approximate surface area is 132 Å². The molecule has 2 aromatic rings. The maximum absolute atomic E-state index is 12.3. The van der Waals surface area contributed by atoms with Crippen molar-refractivity contribution < 1.29 is 14.4 Å². The fourth-order valence-corrected chi connectivity index (χ4v) is 2.30. The summed E-state index contributed by atoms with van der Waals surface area (Å²) < 4.78 is 0. The van der Waals surface area contributed by atoms with E-state index in [4.69, 9.17) is 0 Å². The van der Waals surface area contributed by atoms with Crippen molar-refractivity contribution in [3.8, 4) is 0 Å². The number of imide groups is 1. The number of benzene rings is 1. The monoisotopic (exact) mass is 310 g/mol. The van der Waals surface area contributed by atoms with Crippen LogP contribution in [-0.4, -0.2) is 33.7 Å². The molecule has 0 aliphatic carbocycles. The highest BCUT2D eigenvalue weighted by Gasteiger charge is 2.39. The van der Waals surface area contributed by atoms with Crippen molar-refractivity contribution in [1.82, 2.24) is 15.3 Å². The zero-order valence-electron chi connectivity index (χ0n) is 12.6. The lowest BCUT2D eigenvalue weighted by molar-refractivity contribution is 0.0919. The third-order valence-corrected chi connectivity index (χ3v) is 3.32. The molecule has 0 fully saturated rings. The number of nitrogens with zero attached hydrogens (tertiary/aromatic N) is 3. The molecule has 1 N–H and O–H groups in total. The van der Waals surface area contributed by atoms with Crippen LogP contribution >= 0.6 is 0 Å². The molecule has 0 unspecified atom stereocenters. The molecule has 1 aromatic carbocycles. The average Bonchev–Trinajstić information content (AvgIpc) is 2.79. The quantitative estimate of drug-likeness (QED) is 0.865. The fourth-order valence-electron chi connectivity index (χ4n) is 2.30. The molecule has 0 bridgehead atoms. The van der Waals surface area contributed by atoms with Crippen molar-refractivity contribution in [3.63, 3.8) is 0 Å². The maximum Gasteiger partial charge on any atom is 0.286 e. The highest BCUT2D eigenvalue weighted by atomic mass is 16.2. The highest BCUT2D eigenvalue weighted by Crippen LogP contribution is 2.25. The van der Waals surface area contributed by atoms with E-state index in [9.17, 15) is 14.4 Å². The van der Waals surface area contributed by atoms with E-state index in [0.717, 1.165) is 4.90 Å². The van der Waals surface area contributed by atoms with Crippen molar-refractivity contribution in [3.05, 3.63) is 53.6 Å². The minimum Gasteiger partial charge on any atom is -0.350 e. The number of hydrogen-bond donors (Lipinski definition) is 1. The summed E-state index contributed by atoms with van der Waals surface area (Å²) in [4.78, 5) is 45.3. The van der Waals surface area contributed by atoms with Crippen LogP contribution in [0.2, 0.25) is 0 Å². The SMILES string of the molecule is CC(C)NC(=O)c1ccc(N2C(=O)c3nccnc3C2=O)cc1. The summed E-state index contributed by atoms with van der Waals surface area (Å²) in [6, 6.07) is 6.26. The summed E-state index contributed by atoms with van der Waals surface area (Å²) in [6.07, 6.45) is 2.74. The number of fused-ring (bicyclic) bond motifs is 1.